The Bertz CT molecular complexity index is 589. The zero-order valence-corrected chi connectivity index (χ0v) is 11.2. The number of carboxylic acids is 1. The van der Waals surface area contributed by atoms with Crippen LogP contribution in [0.25, 0.3) is 6.08 Å². The Morgan fingerprint density at radius 3 is 2.67 bits per heavy atom. The second-order valence-corrected chi connectivity index (χ2v) is 4.28. The van der Waals surface area contributed by atoms with Crippen molar-refractivity contribution in [1.29, 1.82) is 5.26 Å². The number of nitriles is 1. The molecule has 0 amide bonds. The van der Waals surface area contributed by atoms with Crippen molar-refractivity contribution in [2.24, 2.45) is 0 Å². The molecule has 0 aliphatic heterocycles. The van der Waals surface area contributed by atoms with Crippen molar-refractivity contribution in [2.45, 2.75) is 12.6 Å². The molecule has 0 heterocycles. The maximum absolute atomic E-state index is 13.1. The molecule has 0 spiro atoms. The van der Waals surface area contributed by atoms with Gasteiger partial charge in [-0.1, -0.05) is 6.07 Å². The third-order valence-electron chi connectivity index (χ3n) is 2.71. The minimum atomic E-state index is -4.57. The van der Waals surface area contributed by atoms with Crippen molar-refractivity contribution in [2.75, 3.05) is 18.5 Å². The summed E-state index contributed by atoms with van der Waals surface area (Å²) in [6, 6.07) is 5.42. The number of carbonyl (C=O) groups is 1. The van der Waals surface area contributed by atoms with Gasteiger partial charge in [-0.25, -0.2) is 4.79 Å². The smallest absolute Gasteiger partial charge is 0.418 e. The number of alkyl halides is 3. The van der Waals surface area contributed by atoms with E-state index < -0.39 is 17.7 Å². The highest BCUT2D eigenvalue weighted by Crippen LogP contribution is 2.37. The van der Waals surface area contributed by atoms with Crippen LogP contribution in [0.4, 0.5) is 18.9 Å². The SMILES string of the molecule is CN(CCC#N)c1ccc(/C=C/C(=O)O)cc1C(F)(F)F. The number of anilines is 1. The average molecular weight is 298 g/mol. The molecule has 0 aliphatic carbocycles. The zero-order chi connectivity index (χ0) is 16.0. The van der Waals surface area contributed by atoms with Gasteiger partial charge >= 0.3 is 12.1 Å². The van der Waals surface area contributed by atoms with Crippen molar-refractivity contribution in [1.82, 2.24) is 0 Å². The van der Waals surface area contributed by atoms with Gasteiger partial charge < -0.3 is 10.0 Å². The van der Waals surface area contributed by atoms with Crippen LogP contribution in [0.1, 0.15) is 17.5 Å². The summed E-state index contributed by atoms with van der Waals surface area (Å²) >= 11 is 0. The molecule has 1 N–H and O–H groups in total. The first-order valence-electron chi connectivity index (χ1n) is 5.96. The Morgan fingerprint density at radius 2 is 2.14 bits per heavy atom. The highest BCUT2D eigenvalue weighted by Gasteiger charge is 2.34. The van der Waals surface area contributed by atoms with Gasteiger partial charge in [0.2, 0.25) is 0 Å². The fourth-order valence-electron chi connectivity index (χ4n) is 1.72. The summed E-state index contributed by atoms with van der Waals surface area (Å²) in [5, 5.41) is 17.0. The molecule has 1 rings (SSSR count). The summed E-state index contributed by atoms with van der Waals surface area (Å²) in [6.45, 7) is 0.171. The molecule has 112 valence electrons. The van der Waals surface area contributed by atoms with Gasteiger partial charge in [0.25, 0.3) is 0 Å². The average Bonchev–Trinajstić information content (AvgIpc) is 2.41. The van der Waals surface area contributed by atoms with Crippen LogP contribution in [0, 0.1) is 11.3 Å². The monoisotopic (exact) mass is 298 g/mol. The molecule has 0 bridgehead atoms. The third kappa shape index (κ3) is 4.84. The number of halogens is 3. The zero-order valence-electron chi connectivity index (χ0n) is 11.2. The summed E-state index contributed by atoms with van der Waals surface area (Å²) in [4.78, 5) is 11.7. The van der Waals surface area contributed by atoms with E-state index in [-0.39, 0.29) is 24.2 Å². The number of hydrogen-bond donors (Lipinski definition) is 1. The number of carboxylic acid groups (broad SMARTS) is 1. The van der Waals surface area contributed by atoms with E-state index >= 15 is 0 Å². The van der Waals surface area contributed by atoms with Crippen molar-refractivity contribution in [3.05, 3.63) is 35.4 Å². The molecule has 0 unspecified atom stereocenters. The lowest BCUT2D eigenvalue weighted by molar-refractivity contribution is -0.137. The molecule has 7 heteroatoms. The number of nitrogens with zero attached hydrogens (tertiary/aromatic N) is 2. The fourth-order valence-corrected chi connectivity index (χ4v) is 1.72. The molecule has 0 aromatic heterocycles. The van der Waals surface area contributed by atoms with Crippen molar-refractivity contribution in [3.63, 3.8) is 0 Å². The van der Waals surface area contributed by atoms with Gasteiger partial charge in [-0.15, -0.1) is 0 Å². The number of hydrogen-bond acceptors (Lipinski definition) is 3. The first-order chi connectivity index (χ1) is 9.75. The van der Waals surface area contributed by atoms with Crippen molar-refractivity contribution < 1.29 is 23.1 Å². The van der Waals surface area contributed by atoms with Gasteiger partial charge in [0.1, 0.15) is 0 Å². The predicted octanol–water partition coefficient (Wildman–Crippen LogP) is 3.15. The lowest BCUT2D eigenvalue weighted by Gasteiger charge is -2.23. The normalized spacial score (nSPS) is 11.4. The van der Waals surface area contributed by atoms with Crippen LogP contribution in [-0.2, 0) is 11.0 Å². The van der Waals surface area contributed by atoms with Crippen LogP contribution in [0.3, 0.4) is 0 Å². The Kier molecular flexibility index (Phi) is 5.36. The van der Waals surface area contributed by atoms with Gasteiger partial charge in [0.05, 0.1) is 18.1 Å². The molecule has 0 aliphatic rings. The summed E-state index contributed by atoms with van der Waals surface area (Å²) in [6.07, 6.45) is -2.59. The highest BCUT2D eigenvalue weighted by molar-refractivity contribution is 5.85. The molecule has 0 atom stereocenters. The van der Waals surface area contributed by atoms with E-state index in [1.807, 2.05) is 6.07 Å². The predicted molar refractivity (Wildman–Crippen MR) is 71.6 cm³/mol. The molecule has 1 aromatic carbocycles. The molecule has 0 fully saturated rings. The van der Waals surface area contributed by atoms with E-state index in [0.29, 0.717) is 0 Å². The molecule has 0 saturated heterocycles. The van der Waals surface area contributed by atoms with Crippen LogP contribution in [-0.4, -0.2) is 24.7 Å². The van der Waals surface area contributed by atoms with E-state index in [1.54, 1.807) is 0 Å². The Hall–Kier alpha value is -2.49. The molecular formula is C14H13F3N2O2. The van der Waals surface area contributed by atoms with Gasteiger partial charge in [0, 0.05) is 25.4 Å². The Labute approximate surface area is 119 Å². The standard InChI is InChI=1S/C14H13F3N2O2/c1-19(8-2-7-18)12-5-3-10(4-6-13(20)21)9-11(12)14(15,16)17/h3-6,9H,2,8H2,1H3,(H,20,21)/b6-4+. The van der Waals surface area contributed by atoms with Crippen LogP contribution in [0.15, 0.2) is 24.3 Å². The molecular weight excluding hydrogens is 285 g/mol. The maximum Gasteiger partial charge on any atom is 0.418 e. The van der Waals surface area contributed by atoms with Gasteiger partial charge in [-0.3, -0.25) is 0 Å². The lowest BCUT2D eigenvalue weighted by Crippen LogP contribution is -2.22. The quantitative estimate of drug-likeness (QED) is 0.848. The second kappa shape index (κ2) is 6.79. The molecule has 1 aromatic rings. The van der Waals surface area contributed by atoms with Gasteiger partial charge in [0.15, 0.2) is 0 Å². The van der Waals surface area contributed by atoms with E-state index in [2.05, 4.69) is 0 Å². The molecule has 0 radical (unpaired) electrons. The van der Waals surface area contributed by atoms with Crippen LogP contribution in [0.5, 0.6) is 0 Å². The van der Waals surface area contributed by atoms with Crippen LogP contribution >= 0.6 is 0 Å². The maximum atomic E-state index is 13.1. The first kappa shape index (κ1) is 16.6. The molecule has 21 heavy (non-hydrogen) atoms. The number of benzene rings is 1. The van der Waals surface area contributed by atoms with Crippen molar-refractivity contribution in [3.8, 4) is 6.07 Å². The van der Waals surface area contributed by atoms with E-state index in [4.69, 9.17) is 10.4 Å². The topological polar surface area (TPSA) is 64.3 Å². The highest BCUT2D eigenvalue weighted by atomic mass is 19.4. The Balaban J connectivity index is 3.21. The van der Waals surface area contributed by atoms with E-state index in [9.17, 15) is 18.0 Å². The number of aliphatic carboxylic acids is 1. The van der Waals surface area contributed by atoms with E-state index in [0.717, 1.165) is 18.2 Å². The minimum Gasteiger partial charge on any atom is -0.478 e. The lowest BCUT2D eigenvalue weighted by atomic mass is 10.1. The minimum absolute atomic E-state index is 0.0507. The van der Waals surface area contributed by atoms with Crippen LogP contribution < -0.4 is 4.90 Å². The van der Waals surface area contributed by atoms with E-state index in [1.165, 1.54) is 24.1 Å². The summed E-state index contributed by atoms with van der Waals surface area (Å²) in [5.74, 6) is -1.24. The van der Waals surface area contributed by atoms with Crippen LogP contribution in [0.2, 0.25) is 0 Å². The first-order valence-corrected chi connectivity index (χ1v) is 5.96. The Morgan fingerprint density at radius 1 is 1.48 bits per heavy atom. The largest absolute Gasteiger partial charge is 0.478 e. The fraction of sp³-hybridized carbons (Fsp3) is 0.286. The molecule has 0 saturated carbocycles. The summed E-state index contributed by atoms with van der Waals surface area (Å²) in [5.41, 5.74) is -0.775. The van der Waals surface area contributed by atoms with Gasteiger partial charge in [-0.2, -0.15) is 18.4 Å². The summed E-state index contributed by atoms with van der Waals surface area (Å²) < 4.78 is 39.2. The van der Waals surface area contributed by atoms with Crippen molar-refractivity contribution >= 4 is 17.7 Å². The number of rotatable bonds is 5. The second-order valence-electron chi connectivity index (χ2n) is 4.28. The molecule has 4 nitrogen and oxygen atoms in total. The third-order valence-corrected chi connectivity index (χ3v) is 2.71. The summed E-state index contributed by atoms with van der Waals surface area (Å²) in [7, 11) is 1.47. The van der Waals surface area contributed by atoms with Gasteiger partial charge in [-0.05, 0) is 23.8 Å².